The molecule has 0 unspecified atom stereocenters. The molecule has 1 heterocycles. The van der Waals surface area contributed by atoms with E-state index < -0.39 is 0 Å². The molecule has 0 amide bonds. The van der Waals surface area contributed by atoms with E-state index in [9.17, 15) is 10.4 Å². The van der Waals surface area contributed by atoms with Crippen LogP contribution >= 0.6 is 15.9 Å². The van der Waals surface area contributed by atoms with Gasteiger partial charge in [-0.25, -0.2) is 0 Å². The predicted molar refractivity (Wildman–Crippen MR) is 73.3 cm³/mol. The normalized spacial score (nSPS) is 30.3. The number of aliphatic hydroxyl groups is 1. The summed E-state index contributed by atoms with van der Waals surface area (Å²) in [5, 5.41) is 19.1. The molecular weight excluding hydrogens is 292 g/mol. The van der Waals surface area contributed by atoms with Crippen molar-refractivity contribution >= 4 is 21.6 Å². The Morgan fingerprint density at radius 3 is 2.89 bits per heavy atom. The van der Waals surface area contributed by atoms with Crippen LogP contribution in [0.2, 0.25) is 0 Å². The molecule has 1 saturated heterocycles. The van der Waals surface area contributed by atoms with Gasteiger partial charge in [-0.1, -0.05) is 15.9 Å². The van der Waals surface area contributed by atoms with Crippen LogP contribution in [0.1, 0.15) is 18.4 Å². The van der Waals surface area contributed by atoms with Crippen LogP contribution in [0.15, 0.2) is 22.7 Å². The SMILES string of the molecule is N#Cc1ccc(Br)cc1N1C[C@H]2CC[C@@H](O)[C@H]2C1. The van der Waals surface area contributed by atoms with Crippen LogP contribution in [0.4, 0.5) is 5.69 Å². The largest absolute Gasteiger partial charge is 0.393 e. The number of nitrogens with zero attached hydrogens (tertiary/aromatic N) is 2. The lowest BCUT2D eigenvalue weighted by atomic mass is 10.00. The van der Waals surface area contributed by atoms with E-state index in [4.69, 9.17) is 0 Å². The molecule has 3 nitrogen and oxygen atoms in total. The minimum absolute atomic E-state index is 0.155. The summed E-state index contributed by atoms with van der Waals surface area (Å²) >= 11 is 3.46. The number of aliphatic hydroxyl groups excluding tert-OH is 1. The van der Waals surface area contributed by atoms with Gasteiger partial charge in [0.2, 0.25) is 0 Å². The molecule has 2 fully saturated rings. The van der Waals surface area contributed by atoms with Gasteiger partial charge >= 0.3 is 0 Å². The zero-order valence-corrected chi connectivity index (χ0v) is 11.6. The topological polar surface area (TPSA) is 47.3 Å². The van der Waals surface area contributed by atoms with Gasteiger partial charge < -0.3 is 10.0 Å². The van der Waals surface area contributed by atoms with Gasteiger partial charge in [0.1, 0.15) is 6.07 Å². The standard InChI is InChI=1S/C14H15BrN2O/c15-11-3-1-9(6-16)13(5-11)17-7-10-2-4-14(18)12(10)8-17/h1,3,5,10,12,14,18H,2,4,7-8H2/t10-,12+,14-/m1/s1. The van der Waals surface area contributed by atoms with Crippen molar-refractivity contribution in [2.45, 2.75) is 18.9 Å². The van der Waals surface area contributed by atoms with Crippen LogP contribution in [0.5, 0.6) is 0 Å². The Balaban J connectivity index is 1.89. The summed E-state index contributed by atoms with van der Waals surface area (Å²) in [6, 6.07) is 8.01. The van der Waals surface area contributed by atoms with E-state index in [0.717, 1.165) is 36.1 Å². The summed E-state index contributed by atoms with van der Waals surface area (Å²) in [5.41, 5.74) is 1.71. The number of nitriles is 1. The van der Waals surface area contributed by atoms with Gasteiger partial charge in [-0.3, -0.25) is 0 Å². The van der Waals surface area contributed by atoms with Crippen molar-refractivity contribution in [3.8, 4) is 6.07 Å². The van der Waals surface area contributed by atoms with Crippen LogP contribution in [0.25, 0.3) is 0 Å². The zero-order valence-electron chi connectivity index (χ0n) is 10.0. The molecule has 0 bridgehead atoms. The van der Waals surface area contributed by atoms with E-state index in [0.29, 0.717) is 17.4 Å². The smallest absolute Gasteiger partial charge is 0.101 e. The Bertz CT molecular complexity index is 511. The maximum atomic E-state index is 9.94. The molecule has 2 aliphatic rings. The first-order valence-electron chi connectivity index (χ1n) is 6.31. The number of fused-ring (bicyclic) bond motifs is 1. The van der Waals surface area contributed by atoms with E-state index in [1.54, 1.807) is 0 Å². The van der Waals surface area contributed by atoms with E-state index >= 15 is 0 Å². The third kappa shape index (κ3) is 1.92. The summed E-state index contributed by atoms with van der Waals surface area (Å²) in [6.45, 7) is 1.84. The van der Waals surface area contributed by atoms with Gasteiger partial charge in [-0.15, -0.1) is 0 Å². The second-order valence-corrected chi connectivity index (χ2v) is 6.16. The summed E-state index contributed by atoms with van der Waals surface area (Å²) < 4.78 is 0.995. The van der Waals surface area contributed by atoms with Crippen LogP contribution in [0.3, 0.4) is 0 Å². The quantitative estimate of drug-likeness (QED) is 0.867. The maximum absolute atomic E-state index is 9.94. The van der Waals surface area contributed by atoms with Gasteiger partial charge in [0.05, 0.1) is 17.4 Å². The predicted octanol–water partition coefficient (Wildman–Crippen LogP) is 2.53. The van der Waals surface area contributed by atoms with Gasteiger partial charge in [-0.05, 0) is 37.0 Å². The molecule has 3 rings (SSSR count). The van der Waals surface area contributed by atoms with Crippen LogP contribution in [0, 0.1) is 23.2 Å². The molecule has 1 aliphatic heterocycles. The summed E-state index contributed by atoms with van der Waals surface area (Å²) in [7, 11) is 0. The van der Waals surface area contributed by atoms with Gasteiger partial charge in [0, 0.05) is 23.5 Å². The molecule has 0 aromatic heterocycles. The molecule has 1 saturated carbocycles. The van der Waals surface area contributed by atoms with Gasteiger partial charge in [0.25, 0.3) is 0 Å². The second-order valence-electron chi connectivity index (χ2n) is 5.25. The Morgan fingerprint density at radius 1 is 1.33 bits per heavy atom. The van der Waals surface area contributed by atoms with Crippen molar-refractivity contribution in [3.05, 3.63) is 28.2 Å². The highest BCUT2D eigenvalue weighted by molar-refractivity contribution is 9.10. The Kier molecular flexibility index (Phi) is 3.04. The molecule has 1 aromatic rings. The number of halogens is 1. The molecule has 94 valence electrons. The Labute approximate surface area is 115 Å². The monoisotopic (exact) mass is 306 g/mol. The Morgan fingerprint density at radius 2 is 2.17 bits per heavy atom. The summed E-state index contributed by atoms with van der Waals surface area (Å²) in [6.07, 6.45) is 1.89. The highest BCUT2D eigenvalue weighted by Gasteiger charge is 2.42. The molecule has 0 spiro atoms. The van der Waals surface area contributed by atoms with Crippen LogP contribution in [-0.2, 0) is 0 Å². The molecule has 1 aliphatic carbocycles. The van der Waals surface area contributed by atoms with Gasteiger partial charge in [0.15, 0.2) is 0 Å². The highest BCUT2D eigenvalue weighted by Crippen LogP contribution is 2.40. The first-order chi connectivity index (χ1) is 8.69. The highest BCUT2D eigenvalue weighted by atomic mass is 79.9. The average Bonchev–Trinajstić information content (AvgIpc) is 2.92. The van der Waals surface area contributed by atoms with Crippen molar-refractivity contribution in [1.29, 1.82) is 5.26 Å². The molecule has 4 heteroatoms. The number of hydrogen-bond donors (Lipinski definition) is 1. The fourth-order valence-corrected chi connectivity index (χ4v) is 3.64. The number of anilines is 1. The Hall–Kier alpha value is -1.05. The average molecular weight is 307 g/mol. The van der Waals surface area contributed by atoms with Crippen molar-refractivity contribution < 1.29 is 5.11 Å². The molecular formula is C14H15BrN2O. The number of benzene rings is 1. The van der Waals surface area contributed by atoms with E-state index in [1.165, 1.54) is 0 Å². The molecule has 18 heavy (non-hydrogen) atoms. The van der Waals surface area contributed by atoms with Crippen molar-refractivity contribution in [1.82, 2.24) is 0 Å². The van der Waals surface area contributed by atoms with E-state index in [-0.39, 0.29) is 6.10 Å². The minimum atomic E-state index is -0.155. The molecule has 1 N–H and O–H groups in total. The molecule has 0 radical (unpaired) electrons. The van der Waals surface area contributed by atoms with E-state index in [2.05, 4.69) is 26.9 Å². The van der Waals surface area contributed by atoms with Crippen molar-refractivity contribution in [2.75, 3.05) is 18.0 Å². The fraction of sp³-hybridized carbons (Fsp3) is 0.500. The number of rotatable bonds is 1. The van der Waals surface area contributed by atoms with Crippen molar-refractivity contribution in [2.24, 2.45) is 11.8 Å². The first-order valence-corrected chi connectivity index (χ1v) is 7.11. The third-order valence-corrected chi connectivity index (χ3v) is 4.73. The molecule has 1 aromatic carbocycles. The lowest BCUT2D eigenvalue weighted by Gasteiger charge is -2.21. The van der Waals surface area contributed by atoms with E-state index in [1.807, 2.05) is 18.2 Å². The summed E-state index contributed by atoms with van der Waals surface area (Å²) in [5.74, 6) is 0.973. The number of hydrogen-bond acceptors (Lipinski definition) is 3. The van der Waals surface area contributed by atoms with Crippen molar-refractivity contribution in [3.63, 3.8) is 0 Å². The van der Waals surface area contributed by atoms with Crippen LogP contribution in [-0.4, -0.2) is 24.3 Å². The third-order valence-electron chi connectivity index (χ3n) is 4.24. The summed E-state index contributed by atoms with van der Waals surface area (Å²) in [4.78, 5) is 2.25. The lowest BCUT2D eigenvalue weighted by molar-refractivity contribution is 0.133. The van der Waals surface area contributed by atoms with Gasteiger partial charge in [-0.2, -0.15) is 5.26 Å². The second kappa shape index (κ2) is 4.56. The van der Waals surface area contributed by atoms with Crippen LogP contribution < -0.4 is 4.90 Å². The first kappa shape index (κ1) is 12.0. The lowest BCUT2D eigenvalue weighted by Crippen LogP contribution is -2.25. The minimum Gasteiger partial charge on any atom is -0.393 e. The zero-order chi connectivity index (χ0) is 12.7. The molecule has 3 atom stereocenters. The maximum Gasteiger partial charge on any atom is 0.101 e. The fourth-order valence-electron chi connectivity index (χ4n) is 3.29.